The fourth-order valence-electron chi connectivity index (χ4n) is 1.80. The quantitative estimate of drug-likeness (QED) is 0.355. The predicted octanol–water partition coefficient (Wildman–Crippen LogP) is 4.28. The molecule has 0 aliphatic carbocycles. The van der Waals surface area contributed by atoms with Crippen molar-refractivity contribution in [2.75, 3.05) is 6.61 Å². The van der Waals surface area contributed by atoms with Crippen molar-refractivity contribution in [2.24, 2.45) is 0 Å². The molecule has 9 nitrogen and oxygen atoms in total. The molecular formula is C15H19F5O9. The number of alkyl halides is 5. The van der Waals surface area contributed by atoms with E-state index in [1.54, 1.807) is 13.8 Å². The van der Waals surface area contributed by atoms with E-state index in [2.05, 4.69) is 28.4 Å². The Morgan fingerprint density at radius 3 is 1.62 bits per heavy atom. The van der Waals surface area contributed by atoms with E-state index < -0.39 is 54.7 Å². The van der Waals surface area contributed by atoms with Crippen molar-refractivity contribution in [3.8, 4) is 0 Å². The molecule has 3 fully saturated rings. The monoisotopic (exact) mass is 438 g/mol. The molecule has 0 bridgehead atoms. The maximum Gasteiger partial charge on any atom is 0.516 e. The normalized spacial score (nSPS) is 33.4. The molecule has 0 amide bonds. The Balaban J connectivity index is 0.000000220. The van der Waals surface area contributed by atoms with Gasteiger partial charge in [-0.25, -0.2) is 14.4 Å². The molecule has 0 aromatic carbocycles. The van der Waals surface area contributed by atoms with Gasteiger partial charge in [0.25, 0.3) is 0 Å². The van der Waals surface area contributed by atoms with Crippen molar-refractivity contribution < 1.29 is 64.8 Å². The average Bonchev–Trinajstić information content (AvgIpc) is 3.12. The number of rotatable bonds is 2. The Bertz CT molecular complexity index is 644. The standard InChI is InChI=1S/C5H5F3O3.C5H6F2O3.C5H8O3/c1-2-4(6)5(7,8)11-3(9)10-4;1-2-5(7)3(6)9-4(8)10-5;1-5(2)3-7-4(6)8-5/h2H2,1H3;3H,2H2,1H3;3H2,1-2H3. The molecule has 3 atom stereocenters. The summed E-state index contributed by atoms with van der Waals surface area (Å²) in [7, 11) is 0. The molecule has 3 saturated heterocycles. The Morgan fingerprint density at radius 2 is 1.45 bits per heavy atom. The van der Waals surface area contributed by atoms with E-state index >= 15 is 0 Å². The molecule has 3 heterocycles. The summed E-state index contributed by atoms with van der Waals surface area (Å²) >= 11 is 0. The number of hydrogen-bond acceptors (Lipinski definition) is 9. The summed E-state index contributed by atoms with van der Waals surface area (Å²) < 4.78 is 86.2. The van der Waals surface area contributed by atoms with Crippen LogP contribution in [0, 0.1) is 0 Å². The molecule has 0 radical (unpaired) electrons. The highest BCUT2D eigenvalue weighted by molar-refractivity contribution is 5.63. The van der Waals surface area contributed by atoms with Gasteiger partial charge in [0.1, 0.15) is 12.2 Å². The van der Waals surface area contributed by atoms with Gasteiger partial charge >= 0.3 is 42.6 Å². The zero-order valence-corrected chi connectivity index (χ0v) is 15.8. The molecule has 3 rings (SSSR count). The van der Waals surface area contributed by atoms with Gasteiger partial charge < -0.3 is 28.4 Å². The fourth-order valence-corrected chi connectivity index (χ4v) is 1.80. The number of cyclic esters (lactones) is 6. The first-order valence-corrected chi connectivity index (χ1v) is 8.17. The lowest BCUT2D eigenvalue weighted by Crippen LogP contribution is -2.40. The highest BCUT2D eigenvalue weighted by Gasteiger charge is 2.67. The first-order chi connectivity index (χ1) is 13.1. The second kappa shape index (κ2) is 8.45. The van der Waals surface area contributed by atoms with Crippen molar-refractivity contribution in [1.29, 1.82) is 0 Å². The van der Waals surface area contributed by atoms with Gasteiger partial charge in [0.05, 0.1) is 0 Å². The molecular weight excluding hydrogens is 419 g/mol. The summed E-state index contributed by atoms with van der Waals surface area (Å²) in [6.07, 6.45) is -10.9. The number of ether oxygens (including phenoxy) is 6. The lowest BCUT2D eigenvalue weighted by Gasteiger charge is -2.18. The van der Waals surface area contributed by atoms with E-state index in [1.165, 1.54) is 6.92 Å². The number of halogens is 5. The van der Waals surface area contributed by atoms with Gasteiger partial charge in [-0.05, 0) is 13.8 Å². The lowest BCUT2D eigenvalue weighted by molar-refractivity contribution is -0.288. The summed E-state index contributed by atoms with van der Waals surface area (Å²) in [4.78, 5) is 30.4. The number of carbonyl (C=O) groups is 3. The maximum atomic E-state index is 12.8. The molecule has 0 saturated carbocycles. The van der Waals surface area contributed by atoms with Gasteiger partial charge in [-0.1, -0.05) is 13.8 Å². The van der Waals surface area contributed by atoms with Crippen LogP contribution in [0.3, 0.4) is 0 Å². The van der Waals surface area contributed by atoms with Crippen LogP contribution in [0.15, 0.2) is 0 Å². The van der Waals surface area contributed by atoms with Crippen LogP contribution in [0.2, 0.25) is 0 Å². The van der Waals surface area contributed by atoms with Crippen molar-refractivity contribution in [3.05, 3.63) is 0 Å². The molecule has 14 heteroatoms. The number of hydrogen-bond donors (Lipinski definition) is 0. The second-order valence-electron chi connectivity index (χ2n) is 6.38. The molecule has 0 N–H and O–H groups in total. The Morgan fingerprint density at radius 1 is 0.862 bits per heavy atom. The largest absolute Gasteiger partial charge is 0.516 e. The van der Waals surface area contributed by atoms with Crippen molar-refractivity contribution in [1.82, 2.24) is 0 Å². The topological polar surface area (TPSA) is 107 Å². The third-order valence-corrected chi connectivity index (χ3v) is 3.52. The lowest BCUT2D eigenvalue weighted by atomic mass is 10.2. The molecule has 3 aliphatic heterocycles. The SMILES string of the molecule is CC1(C)COC(=O)O1.CCC1(F)OC(=O)OC1(F)F.CCC1(F)OC(=O)OC1F. The first-order valence-electron chi connectivity index (χ1n) is 8.17. The third kappa shape index (κ3) is 5.97. The van der Waals surface area contributed by atoms with E-state index in [0.29, 0.717) is 6.61 Å². The van der Waals surface area contributed by atoms with Gasteiger partial charge in [-0.15, -0.1) is 0 Å². The summed E-state index contributed by atoms with van der Waals surface area (Å²) in [5.41, 5.74) is -0.406. The Kier molecular flexibility index (Phi) is 7.14. The van der Waals surface area contributed by atoms with Crippen molar-refractivity contribution >= 4 is 18.5 Å². The van der Waals surface area contributed by atoms with Crippen LogP contribution in [0.4, 0.5) is 36.3 Å². The van der Waals surface area contributed by atoms with Crippen LogP contribution >= 0.6 is 0 Å². The minimum Gasteiger partial charge on any atom is -0.430 e. The van der Waals surface area contributed by atoms with Crippen LogP contribution in [0.1, 0.15) is 40.5 Å². The van der Waals surface area contributed by atoms with E-state index in [1.807, 2.05) is 0 Å². The molecule has 3 unspecified atom stereocenters. The minimum atomic E-state index is -4.17. The minimum absolute atomic E-state index is 0.250. The van der Waals surface area contributed by atoms with E-state index in [9.17, 15) is 36.3 Å². The van der Waals surface area contributed by atoms with Crippen molar-refractivity contribution in [2.45, 2.75) is 70.3 Å². The van der Waals surface area contributed by atoms with Gasteiger partial charge in [0, 0.05) is 12.8 Å². The predicted molar refractivity (Wildman–Crippen MR) is 79.7 cm³/mol. The highest BCUT2D eigenvalue weighted by Crippen LogP contribution is 2.43. The average molecular weight is 438 g/mol. The van der Waals surface area contributed by atoms with E-state index in [-0.39, 0.29) is 6.42 Å². The third-order valence-electron chi connectivity index (χ3n) is 3.52. The van der Waals surface area contributed by atoms with Crippen LogP contribution in [-0.2, 0) is 28.4 Å². The Hall–Kier alpha value is -2.54. The van der Waals surface area contributed by atoms with Gasteiger partial charge in [0.2, 0.25) is 0 Å². The molecule has 29 heavy (non-hydrogen) atoms. The summed E-state index contributed by atoms with van der Waals surface area (Å²) in [5, 5.41) is 0. The van der Waals surface area contributed by atoms with E-state index in [0.717, 1.165) is 6.92 Å². The first kappa shape index (κ1) is 24.5. The van der Waals surface area contributed by atoms with Crippen LogP contribution in [-0.4, -0.2) is 54.8 Å². The highest BCUT2D eigenvalue weighted by atomic mass is 19.3. The van der Waals surface area contributed by atoms with Gasteiger partial charge in [-0.2, -0.15) is 22.0 Å². The molecule has 168 valence electrons. The zero-order chi connectivity index (χ0) is 22.7. The summed E-state index contributed by atoms with van der Waals surface area (Å²) in [6.45, 7) is 6.45. The smallest absolute Gasteiger partial charge is 0.430 e. The van der Waals surface area contributed by atoms with E-state index in [4.69, 9.17) is 0 Å². The molecule has 0 aromatic rings. The summed E-state index contributed by atoms with van der Waals surface area (Å²) in [6, 6.07) is 0. The summed E-state index contributed by atoms with van der Waals surface area (Å²) in [5.74, 6) is -5.87. The fraction of sp³-hybridized carbons (Fsp3) is 0.800. The number of carbonyl (C=O) groups excluding carboxylic acids is 3. The second-order valence-corrected chi connectivity index (χ2v) is 6.38. The van der Waals surface area contributed by atoms with Crippen LogP contribution in [0.25, 0.3) is 0 Å². The zero-order valence-electron chi connectivity index (χ0n) is 15.8. The van der Waals surface area contributed by atoms with Crippen LogP contribution in [0.5, 0.6) is 0 Å². The van der Waals surface area contributed by atoms with Gasteiger partial charge in [-0.3, -0.25) is 0 Å². The molecule has 0 aromatic heterocycles. The molecule has 0 spiro atoms. The molecule has 3 aliphatic rings. The van der Waals surface area contributed by atoms with Gasteiger partial charge in [0.15, 0.2) is 0 Å². The van der Waals surface area contributed by atoms with Crippen molar-refractivity contribution in [3.63, 3.8) is 0 Å². The van der Waals surface area contributed by atoms with Crippen LogP contribution < -0.4 is 0 Å². The Labute approximate surface area is 161 Å². The maximum absolute atomic E-state index is 12.8.